The van der Waals surface area contributed by atoms with Crippen molar-refractivity contribution in [1.82, 2.24) is 0 Å². The molecule has 2 nitrogen and oxygen atoms in total. The highest BCUT2D eigenvalue weighted by atomic mass is 79.9. The van der Waals surface area contributed by atoms with Crippen molar-refractivity contribution in [2.75, 3.05) is 6.61 Å². The smallest absolute Gasteiger partial charge is 0.313 e. The monoisotopic (exact) mass is 386 g/mol. The van der Waals surface area contributed by atoms with Crippen molar-refractivity contribution >= 4 is 27.5 Å². The summed E-state index contributed by atoms with van der Waals surface area (Å²) >= 11 is 3.43. The molecule has 1 atom stereocenters. The Labute approximate surface area is 152 Å². The average molecular weight is 387 g/mol. The first-order chi connectivity index (χ1) is 11.6. The van der Waals surface area contributed by atoms with Crippen molar-refractivity contribution < 1.29 is 9.53 Å². The van der Waals surface area contributed by atoms with Gasteiger partial charge in [-0.05, 0) is 55.0 Å². The molecule has 0 heterocycles. The summed E-state index contributed by atoms with van der Waals surface area (Å²) in [7, 11) is 0. The van der Waals surface area contributed by atoms with Gasteiger partial charge in [0.25, 0.3) is 0 Å². The summed E-state index contributed by atoms with van der Waals surface area (Å²) in [6.07, 6.45) is 2.61. The van der Waals surface area contributed by atoms with Crippen molar-refractivity contribution in [2.24, 2.45) is 5.92 Å². The molecule has 0 radical (unpaired) electrons. The lowest BCUT2D eigenvalue weighted by molar-refractivity contribution is -0.146. The Morgan fingerprint density at radius 3 is 2.42 bits per heavy atom. The van der Waals surface area contributed by atoms with E-state index in [1.807, 2.05) is 49.4 Å². The Bertz CT molecular complexity index is 662. The van der Waals surface area contributed by atoms with Crippen molar-refractivity contribution in [3.63, 3.8) is 0 Å². The number of esters is 1. The normalized spacial score (nSPS) is 11.8. The van der Waals surface area contributed by atoms with E-state index in [0.717, 1.165) is 34.9 Å². The summed E-state index contributed by atoms with van der Waals surface area (Å²) in [5.74, 6) is -0.478. The molecule has 0 amide bonds. The maximum atomic E-state index is 12.4. The molecule has 2 aromatic carbocycles. The number of aryl methyl sites for hydroxylation is 1. The molecule has 0 aliphatic rings. The van der Waals surface area contributed by atoms with Gasteiger partial charge in [-0.2, -0.15) is 0 Å². The summed E-state index contributed by atoms with van der Waals surface area (Å²) in [4.78, 5) is 12.4. The van der Waals surface area contributed by atoms with Gasteiger partial charge in [-0.3, -0.25) is 4.79 Å². The predicted octanol–water partition coefficient (Wildman–Crippen LogP) is 5.66. The van der Waals surface area contributed by atoms with Gasteiger partial charge in [0.05, 0.1) is 12.5 Å². The van der Waals surface area contributed by atoms with Crippen LogP contribution in [-0.2, 0) is 16.0 Å². The van der Waals surface area contributed by atoms with Gasteiger partial charge in [0.1, 0.15) is 0 Å². The number of halogens is 1. The third-order valence-corrected chi connectivity index (χ3v) is 4.54. The quantitative estimate of drug-likeness (QED) is 0.546. The fraction of sp³-hybridized carbons (Fsp3) is 0.286. The van der Waals surface area contributed by atoms with Crippen LogP contribution in [0.5, 0.6) is 0 Å². The van der Waals surface area contributed by atoms with Crippen LogP contribution in [0.4, 0.5) is 0 Å². The maximum Gasteiger partial charge on any atom is 0.313 e. The first kappa shape index (κ1) is 18.5. The van der Waals surface area contributed by atoms with Crippen molar-refractivity contribution in [2.45, 2.75) is 26.2 Å². The molecule has 24 heavy (non-hydrogen) atoms. The zero-order valence-corrected chi connectivity index (χ0v) is 15.6. The molecule has 126 valence electrons. The van der Waals surface area contributed by atoms with Gasteiger partial charge < -0.3 is 4.74 Å². The van der Waals surface area contributed by atoms with Crippen LogP contribution >= 0.6 is 15.9 Å². The Balaban J connectivity index is 2.05. The van der Waals surface area contributed by atoms with E-state index in [4.69, 9.17) is 4.74 Å². The first-order valence-electron chi connectivity index (χ1n) is 8.27. The van der Waals surface area contributed by atoms with Crippen LogP contribution < -0.4 is 0 Å². The number of carbonyl (C=O) groups is 1. The number of hydrogen-bond acceptors (Lipinski definition) is 2. The van der Waals surface area contributed by atoms with E-state index < -0.39 is 0 Å². The largest absolute Gasteiger partial charge is 0.466 e. The third kappa shape index (κ3) is 5.34. The van der Waals surface area contributed by atoms with Gasteiger partial charge in [-0.15, -0.1) is 0 Å². The van der Waals surface area contributed by atoms with Gasteiger partial charge in [-0.25, -0.2) is 0 Å². The second kappa shape index (κ2) is 9.43. The standard InChI is InChI=1S/C21H23BrO2/c1-3-24-21(23)20(11-7-10-17-8-5-4-6-9-17)16(2)18-12-14-19(22)15-13-18/h4-6,8-9,12-15,20H,2-3,7,10-11H2,1H3. The van der Waals surface area contributed by atoms with Crippen molar-refractivity contribution in [3.05, 3.63) is 76.8 Å². The maximum absolute atomic E-state index is 12.4. The Morgan fingerprint density at radius 2 is 1.79 bits per heavy atom. The van der Waals surface area contributed by atoms with E-state index in [0.29, 0.717) is 6.61 Å². The molecule has 3 heteroatoms. The molecule has 0 bridgehead atoms. The molecule has 0 aliphatic carbocycles. The third-order valence-electron chi connectivity index (χ3n) is 4.01. The molecule has 0 N–H and O–H groups in total. The number of ether oxygens (including phenoxy) is 1. The van der Waals surface area contributed by atoms with Crippen LogP contribution in [-0.4, -0.2) is 12.6 Å². The number of hydrogen-bond donors (Lipinski definition) is 0. The zero-order valence-electron chi connectivity index (χ0n) is 14.0. The minimum atomic E-state index is -0.296. The number of rotatable bonds is 8. The van der Waals surface area contributed by atoms with Crippen LogP contribution in [0.15, 0.2) is 65.6 Å². The molecule has 2 aromatic rings. The number of benzene rings is 2. The van der Waals surface area contributed by atoms with Crippen LogP contribution in [0.1, 0.15) is 30.9 Å². The fourth-order valence-electron chi connectivity index (χ4n) is 2.70. The van der Waals surface area contributed by atoms with Gasteiger partial charge in [-0.1, -0.05) is 65.0 Å². The molecule has 0 fully saturated rings. The van der Waals surface area contributed by atoms with E-state index in [-0.39, 0.29) is 11.9 Å². The predicted molar refractivity (Wildman–Crippen MR) is 103 cm³/mol. The van der Waals surface area contributed by atoms with Crippen LogP contribution in [0.2, 0.25) is 0 Å². The lowest BCUT2D eigenvalue weighted by Crippen LogP contribution is -2.19. The Kier molecular flexibility index (Phi) is 7.26. The molecule has 0 aromatic heterocycles. The molecule has 0 spiro atoms. The summed E-state index contributed by atoms with van der Waals surface area (Å²) in [5.41, 5.74) is 3.10. The van der Waals surface area contributed by atoms with Crippen LogP contribution in [0.25, 0.3) is 5.57 Å². The van der Waals surface area contributed by atoms with E-state index >= 15 is 0 Å². The van der Waals surface area contributed by atoms with E-state index in [1.165, 1.54) is 5.56 Å². The molecule has 1 unspecified atom stereocenters. The SMILES string of the molecule is C=C(c1ccc(Br)cc1)C(CCCc1ccccc1)C(=O)OCC. The molecule has 0 saturated carbocycles. The van der Waals surface area contributed by atoms with Gasteiger partial charge in [0.2, 0.25) is 0 Å². The van der Waals surface area contributed by atoms with Crippen molar-refractivity contribution in [1.29, 1.82) is 0 Å². The van der Waals surface area contributed by atoms with Crippen molar-refractivity contribution in [3.8, 4) is 0 Å². The highest BCUT2D eigenvalue weighted by Crippen LogP contribution is 2.28. The van der Waals surface area contributed by atoms with Crippen LogP contribution in [0.3, 0.4) is 0 Å². The summed E-state index contributed by atoms with van der Waals surface area (Å²) < 4.78 is 6.27. The number of carbonyl (C=O) groups excluding carboxylic acids is 1. The molecule has 0 aliphatic heterocycles. The zero-order chi connectivity index (χ0) is 17.4. The average Bonchev–Trinajstić information content (AvgIpc) is 2.60. The lowest BCUT2D eigenvalue weighted by Gasteiger charge is -2.18. The van der Waals surface area contributed by atoms with Crippen LogP contribution in [0, 0.1) is 5.92 Å². The highest BCUT2D eigenvalue weighted by Gasteiger charge is 2.23. The minimum absolute atomic E-state index is 0.182. The fourth-order valence-corrected chi connectivity index (χ4v) is 2.96. The van der Waals surface area contributed by atoms with Gasteiger partial charge >= 0.3 is 5.97 Å². The van der Waals surface area contributed by atoms with Gasteiger partial charge in [0, 0.05) is 4.47 Å². The van der Waals surface area contributed by atoms with E-state index in [2.05, 4.69) is 34.6 Å². The second-order valence-electron chi connectivity index (χ2n) is 5.71. The Hall–Kier alpha value is -1.87. The van der Waals surface area contributed by atoms with E-state index in [1.54, 1.807) is 0 Å². The lowest BCUT2D eigenvalue weighted by atomic mass is 9.89. The summed E-state index contributed by atoms with van der Waals surface area (Å²) in [5, 5.41) is 0. The molecular weight excluding hydrogens is 364 g/mol. The topological polar surface area (TPSA) is 26.3 Å². The van der Waals surface area contributed by atoms with Gasteiger partial charge in [0.15, 0.2) is 0 Å². The summed E-state index contributed by atoms with van der Waals surface area (Å²) in [6, 6.07) is 18.2. The molecule has 0 saturated heterocycles. The minimum Gasteiger partial charge on any atom is -0.466 e. The Morgan fingerprint density at radius 1 is 1.12 bits per heavy atom. The second-order valence-corrected chi connectivity index (χ2v) is 6.63. The molecule has 2 rings (SSSR count). The molecular formula is C21H23BrO2. The summed E-state index contributed by atoms with van der Waals surface area (Å²) in [6.45, 7) is 6.39. The van der Waals surface area contributed by atoms with E-state index in [9.17, 15) is 4.79 Å². The highest BCUT2D eigenvalue weighted by molar-refractivity contribution is 9.10. The first-order valence-corrected chi connectivity index (χ1v) is 9.06.